The summed E-state index contributed by atoms with van der Waals surface area (Å²) in [6, 6.07) is 10.6. The number of hydrogen-bond acceptors (Lipinski definition) is 3. The zero-order valence-electron chi connectivity index (χ0n) is 11.8. The van der Waals surface area contributed by atoms with Gasteiger partial charge in [0, 0.05) is 10.0 Å². The highest BCUT2D eigenvalue weighted by molar-refractivity contribution is 6.35. The molecule has 118 valence electrons. The molecule has 0 aromatic heterocycles. The summed E-state index contributed by atoms with van der Waals surface area (Å²) in [4.78, 5) is 0. The Morgan fingerprint density at radius 2 is 1.41 bits per heavy atom. The second-order valence-electron chi connectivity index (χ2n) is 4.56. The van der Waals surface area contributed by atoms with E-state index >= 15 is 0 Å². The molecular formula is C16H16Cl3NO2. The van der Waals surface area contributed by atoms with Gasteiger partial charge in [0.05, 0.1) is 5.02 Å². The lowest BCUT2D eigenvalue weighted by Crippen LogP contribution is -2.11. The predicted octanol–water partition coefficient (Wildman–Crippen LogP) is 4.61. The van der Waals surface area contributed by atoms with Gasteiger partial charge in [0.25, 0.3) is 0 Å². The Labute approximate surface area is 144 Å². The predicted molar refractivity (Wildman–Crippen MR) is 91.7 cm³/mol. The van der Waals surface area contributed by atoms with Crippen molar-refractivity contribution in [2.75, 3.05) is 19.8 Å². The molecule has 3 nitrogen and oxygen atoms in total. The van der Waals surface area contributed by atoms with Crippen LogP contribution >= 0.6 is 34.8 Å². The maximum absolute atomic E-state index is 6.03. The molecule has 0 radical (unpaired) electrons. The van der Waals surface area contributed by atoms with E-state index in [1.165, 1.54) is 0 Å². The molecule has 6 heteroatoms. The molecule has 0 unspecified atom stereocenters. The van der Waals surface area contributed by atoms with E-state index in [0.29, 0.717) is 47.0 Å². The molecule has 0 amide bonds. The topological polar surface area (TPSA) is 44.5 Å². The van der Waals surface area contributed by atoms with E-state index in [0.717, 1.165) is 11.3 Å². The Bertz CT molecular complexity index is 635. The quantitative estimate of drug-likeness (QED) is 0.734. The van der Waals surface area contributed by atoms with Gasteiger partial charge in [-0.05, 0) is 54.9 Å². The summed E-state index contributed by atoms with van der Waals surface area (Å²) in [6.07, 6.45) is 0.708. The fraction of sp³-hybridized carbons (Fsp3) is 0.250. The molecule has 0 aliphatic rings. The Morgan fingerprint density at radius 3 is 2.05 bits per heavy atom. The van der Waals surface area contributed by atoms with Gasteiger partial charge < -0.3 is 15.2 Å². The normalized spacial score (nSPS) is 10.5. The highest BCUT2D eigenvalue weighted by Gasteiger charge is 2.06. The van der Waals surface area contributed by atoms with Crippen LogP contribution in [-0.2, 0) is 6.42 Å². The minimum atomic E-state index is 0.367. The van der Waals surface area contributed by atoms with Gasteiger partial charge in [-0.15, -0.1) is 0 Å². The molecule has 0 fully saturated rings. The second kappa shape index (κ2) is 8.49. The van der Waals surface area contributed by atoms with Crippen LogP contribution in [0.15, 0.2) is 36.4 Å². The van der Waals surface area contributed by atoms with Crippen molar-refractivity contribution in [1.82, 2.24) is 0 Å². The lowest BCUT2D eigenvalue weighted by Gasteiger charge is -2.13. The maximum atomic E-state index is 6.03. The molecule has 22 heavy (non-hydrogen) atoms. The molecule has 2 rings (SSSR count). The van der Waals surface area contributed by atoms with Gasteiger partial charge in [0.15, 0.2) is 0 Å². The average molecular weight is 361 g/mol. The zero-order chi connectivity index (χ0) is 15.9. The first kappa shape index (κ1) is 17.2. The van der Waals surface area contributed by atoms with Crippen LogP contribution in [0, 0.1) is 0 Å². The summed E-state index contributed by atoms with van der Waals surface area (Å²) in [7, 11) is 0. The largest absolute Gasteiger partial charge is 0.490 e. The van der Waals surface area contributed by atoms with Gasteiger partial charge in [-0.1, -0.05) is 34.8 Å². The maximum Gasteiger partial charge on any atom is 0.138 e. The lowest BCUT2D eigenvalue weighted by molar-refractivity contribution is 0.216. The highest BCUT2D eigenvalue weighted by Crippen LogP contribution is 2.27. The van der Waals surface area contributed by atoms with Crippen molar-refractivity contribution in [3.05, 3.63) is 57.0 Å². The number of halogens is 3. The molecule has 0 saturated heterocycles. The average Bonchev–Trinajstić information content (AvgIpc) is 2.47. The molecular weight excluding hydrogens is 345 g/mol. The molecule has 0 heterocycles. The van der Waals surface area contributed by atoms with Crippen molar-refractivity contribution < 1.29 is 9.47 Å². The fourth-order valence-electron chi connectivity index (χ4n) is 1.94. The van der Waals surface area contributed by atoms with Crippen LogP contribution in [0.3, 0.4) is 0 Å². The van der Waals surface area contributed by atoms with Crippen LogP contribution in [0.5, 0.6) is 11.5 Å². The molecule has 0 bridgehead atoms. The van der Waals surface area contributed by atoms with Gasteiger partial charge in [-0.2, -0.15) is 0 Å². The number of rotatable bonds is 7. The first-order chi connectivity index (χ1) is 10.6. The van der Waals surface area contributed by atoms with Gasteiger partial charge in [0.2, 0.25) is 0 Å². The number of nitrogens with two attached hydrogens (primary N) is 1. The van der Waals surface area contributed by atoms with E-state index in [1.54, 1.807) is 24.3 Å². The molecule has 0 atom stereocenters. The van der Waals surface area contributed by atoms with Crippen LogP contribution in [0.2, 0.25) is 15.1 Å². The lowest BCUT2D eigenvalue weighted by atomic mass is 10.1. The van der Waals surface area contributed by atoms with E-state index in [4.69, 9.17) is 50.0 Å². The van der Waals surface area contributed by atoms with E-state index in [2.05, 4.69) is 0 Å². The smallest absolute Gasteiger partial charge is 0.138 e. The SMILES string of the molecule is NCCc1cc(Cl)ccc1OCCOc1ccc(Cl)cc1Cl. The van der Waals surface area contributed by atoms with Crippen molar-refractivity contribution in [2.24, 2.45) is 5.73 Å². The van der Waals surface area contributed by atoms with Crippen LogP contribution in [0.4, 0.5) is 0 Å². The Balaban J connectivity index is 1.88. The first-order valence-electron chi connectivity index (χ1n) is 6.79. The van der Waals surface area contributed by atoms with Crippen molar-refractivity contribution >= 4 is 34.8 Å². The van der Waals surface area contributed by atoms with Crippen LogP contribution in [0.25, 0.3) is 0 Å². The summed E-state index contributed by atoms with van der Waals surface area (Å²) in [5, 5.41) is 1.71. The van der Waals surface area contributed by atoms with E-state index in [9.17, 15) is 0 Å². The van der Waals surface area contributed by atoms with Crippen molar-refractivity contribution in [2.45, 2.75) is 6.42 Å². The monoisotopic (exact) mass is 359 g/mol. The minimum absolute atomic E-state index is 0.367. The zero-order valence-corrected chi connectivity index (χ0v) is 14.1. The van der Waals surface area contributed by atoms with Gasteiger partial charge in [-0.25, -0.2) is 0 Å². The van der Waals surface area contributed by atoms with Crippen molar-refractivity contribution in [1.29, 1.82) is 0 Å². The molecule has 2 aromatic carbocycles. The minimum Gasteiger partial charge on any atom is -0.490 e. The van der Waals surface area contributed by atoms with E-state index in [1.807, 2.05) is 12.1 Å². The molecule has 0 spiro atoms. The summed E-state index contributed by atoms with van der Waals surface area (Å²) in [5.41, 5.74) is 6.58. The molecule has 0 aliphatic heterocycles. The standard InChI is InChI=1S/C16H16Cl3NO2/c17-12-1-3-15(11(9-12)5-6-20)21-7-8-22-16-4-2-13(18)10-14(16)19/h1-4,9-10H,5-8,20H2. The Kier molecular flexibility index (Phi) is 6.65. The number of hydrogen-bond donors (Lipinski definition) is 1. The highest BCUT2D eigenvalue weighted by atomic mass is 35.5. The Morgan fingerprint density at radius 1 is 0.818 bits per heavy atom. The molecule has 2 N–H and O–H groups in total. The molecule has 2 aromatic rings. The second-order valence-corrected chi connectivity index (χ2v) is 5.84. The van der Waals surface area contributed by atoms with Crippen molar-refractivity contribution in [3.8, 4) is 11.5 Å². The summed E-state index contributed by atoms with van der Waals surface area (Å²) in [6.45, 7) is 1.29. The Hall–Kier alpha value is -1.13. The van der Waals surface area contributed by atoms with Crippen LogP contribution < -0.4 is 15.2 Å². The molecule has 0 aliphatic carbocycles. The fourth-order valence-corrected chi connectivity index (χ4v) is 2.59. The van der Waals surface area contributed by atoms with Crippen LogP contribution in [-0.4, -0.2) is 19.8 Å². The third kappa shape index (κ3) is 4.96. The van der Waals surface area contributed by atoms with Crippen molar-refractivity contribution in [3.63, 3.8) is 0 Å². The third-order valence-corrected chi connectivity index (χ3v) is 3.69. The van der Waals surface area contributed by atoms with Gasteiger partial charge in [0.1, 0.15) is 24.7 Å². The summed E-state index contributed by atoms with van der Waals surface area (Å²) in [5.74, 6) is 1.34. The van der Waals surface area contributed by atoms with Gasteiger partial charge >= 0.3 is 0 Å². The third-order valence-electron chi connectivity index (χ3n) is 2.93. The summed E-state index contributed by atoms with van der Waals surface area (Å²) < 4.78 is 11.3. The number of benzene rings is 2. The van der Waals surface area contributed by atoms with E-state index in [-0.39, 0.29) is 0 Å². The molecule has 0 saturated carbocycles. The van der Waals surface area contributed by atoms with Crippen LogP contribution in [0.1, 0.15) is 5.56 Å². The number of ether oxygens (including phenoxy) is 2. The van der Waals surface area contributed by atoms with Gasteiger partial charge in [-0.3, -0.25) is 0 Å². The summed E-state index contributed by atoms with van der Waals surface area (Å²) >= 11 is 17.8. The van der Waals surface area contributed by atoms with E-state index < -0.39 is 0 Å². The first-order valence-corrected chi connectivity index (χ1v) is 7.92.